The van der Waals surface area contributed by atoms with Crippen molar-refractivity contribution in [2.24, 2.45) is 0 Å². The van der Waals surface area contributed by atoms with Crippen molar-refractivity contribution in [3.8, 4) is 5.75 Å². The minimum atomic E-state index is -0.0883. The van der Waals surface area contributed by atoms with Crippen molar-refractivity contribution in [2.75, 3.05) is 11.9 Å². The van der Waals surface area contributed by atoms with Gasteiger partial charge in [-0.2, -0.15) is 0 Å². The molecule has 18 heavy (non-hydrogen) atoms. The van der Waals surface area contributed by atoms with Gasteiger partial charge in [0.25, 0.3) is 5.91 Å². The first-order chi connectivity index (χ1) is 8.72. The molecule has 0 unspecified atom stereocenters. The molecule has 1 N–H and O–H groups in total. The highest BCUT2D eigenvalue weighted by Crippen LogP contribution is 2.25. The van der Waals surface area contributed by atoms with Gasteiger partial charge in [-0.15, -0.1) is 11.3 Å². The second kappa shape index (κ2) is 5.69. The average molecular weight is 261 g/mol. The fraction of sp³-hybridized carbons (Fsp3) is 0.214. The maximum absolute atomic E-state index is 12.1. The number of anilines is 1. The first-order valence-electron chi connectivity index (χ1n) is 5.79. The Kier molecular flexibility index (Phi) is 3.99. The molecule has 1 heterocycles. The highest BCUT2D eigenvalue weighted by molar-refractivity contribution is 7.12. The van der Waals surface area contributed by atoms with Crippen molar-refractivity contribution >= 4 is 22.9 Å². The van der Waals surface area contributed by atoms with E-state index in [0.717, 1.165) is 10.4 Å². The Hall–Kier alpha value is -1.81. The molecule has 0 radical (unpaired) electrons. The van der Waals surface area contributed by atoms with Crippen molar-refractivity contribution in [1.82, 2.24) is 0 Å². The molecule has 2 rings (SSSR count). The summed E-state index contributed by atoms with van der Waals surface area (Å²) in [5.74, 6) is 0.609. The first-order valence-corrected chi connectivity index (χ1v) is 6.67. The highest BCUT2D eigenvalue weighted by Gasteiger charge is 2.12. The van der Waals surface area contributed by atoms with Gasteiger partial charge in [-0.25, -0.2) is 0 Å². The summed E-state index contributed by atoms with van der Waals surface area (Å²) in [6.45, 7) is 4.42. The van der Waals surface area contributed by atoms with Gasteiger partial charge in [-0.3, -0.25) is 4.79 Å². The SMILES string of the molecule is CCOc1ccccc1NC(=O)c1sccc1C. The summed E-state index contributed by atoms with van der Waals surface area (Å²) in [5, 5.41) is 4.80. The Bertz CT molecular complexity index is 548. The van der Waals surface area contributed by atoms with Crippen LogP contribution in [-0.4, -0.2) is 12.5 Å². The standard InChI is InChI=1S/C14H15NO2S/c1-3-17-12-7-5-4-6-11(12)15-14(16)13-10(2)8-9-18-13/h4-9H,3H2,1-2H3,(H,15,16). The normalized spacial score (nSPS) is 10.1. The van der Waals surface area contributed by atoms with Gasteiger partial charge < -0.3 is 10.1 Å². The number of carbonyl (C=O) groups is 1. The number of amides is 1. The topological polar surface area (TPSA) is 38.3 Å². The molecular formula is C14H15NO2S. The zero-order valence-corrected chi connectivity index (χ0v) is 11.2. The van der Waals surface area contributed by atoms with Gasteiger partial charge in [0.05, 0.1) is 17.2 Å². The number of hydrogen-bond acceptors (Lipinski definition) is 3. The second-order valence-electron chi connectivity index (χ2n) is 3.82. The van der Waals surface area contributed by atoms with E-state index in [0.29, 0.717) is 18.0 Å². The zero-order chi connectivity index (χ0) is 13.0. The van der Waals surface area contributed by atoms with Crippen molar-refractivity contribution < 1.29 is 9.53 Å². The van der Waals surface area contributed by atoms with Crippen LogP contribution >= 0.6 is 11.3 Å². The van der Waals surface area contributed by atoms with E-state index in [4.69, 9.17) is 4.74 Å². The molecule has 0 saturated heterocycles. The van der Waals surface area contributed by atoms with Crippen LogP contribution in [-0.2, 0) is 0 Å². The highest BCUT2D eigenvalue weighted by atomic mass is 32.1. The third-order valence-electron chi connectivity index (χ3n) is 2.50. The van der Waals surface area contributed by atoms with Gasteiger partial charge in [0.2, 0.25) is 0 Å². The van der Waals surface area contributed by atoms with E-state index in [9.17, 15) is 4.79 Å². The zero-order valence-electron chi connectivity index (χ0n) is 10.4. The molecular weight excluding hydrogens is 246 g/mol. The maximum Gasteiger partial charge on any atom is 0.266 e. The fourth-order valence-electron chi connectivity index (χ4n) is 1.64. The Morgan fingerprint density at radius 1 is 1.33 bits per heavy atom. The molecule has 1 amide bonds. The molecule has 0 spiro atoms. The van der Waals surface area contributed by atoms with E-state index in [-0.39, 0.29) is 5.91 Å². The van der Waals surface area contributed by atoms with E-state index in [1.807, 2.05) is 49.6 Å². The number of thiophene rings is 1. The number of rotatable bonds is 4. The molecule has 0 aliphatic carbocycles. The Labute approximate surface area is 110 Å². The number of benzene rings is 1. The molecule has 0 aliphatic rings. The van der Waals surface area contributed by atoms with Crippen LogP contribution < -0.4 is 10.1 Å². The van der Waals surface area contributed by atoms with Gasteiger partial charge in [-0.1, -0.05) is 12.1 Å². The largest absolute Gasteiger partial charge is 0.492 e. The van der Waals surface area contributed by atoms with Crippen molar-refractivity contribution in [2.45, 2.75) is 13.8 Å². The lowest BCUT2D eigenvalue weighted by Crippen LogP contribution is -2.12. The van der Waals surface area contributed by atoms with Crippen LogP contribution in [0.1, 0.15) is 22.2 Å². The second-order valence-corrected chi connectivity index (χ2v) is 4.73. The summed E-state index contributed by atoms with van der Waals surface area (Å²) in [4.78, 5) is 12.8. The predicted molar refractivity (Wildman–Crippen MR) is 74.6 cm³/mol. The number of para-hydroxylation sites is 2. The summed E-state index contributed by atoms with van der Waals surface area (Å²) in [6.07, 6.45) is 0. The molecule has 0 bridgehead atoms. The lowest BCUT2D eigenvalue weighted by atomic mass is 10.2. The summed E-state index contributed by atoms with van der Waals surface area (Å²) in [7, 11) is 0. The number of hydrogen-bond donors (Lipinski definition) is 1. The molecule has 0 saturated carbocycles. The monoisotopic (exact) mass is 261 g/mol. The van der Waals surface area contributed by atoms with Crippen LogP contribution in [0.2, 0.25) is 0 Å². The number of ether oxygens (including phenoxy) is 1. The molecule has 2 aromatic rings. The first kappa shape index (κ1) is 12.6. The predicted octanol–water partition coefficient (Wildman–Crippen LogP) is 3.71. The van der Waals surface area contributed by atoms with Crippen LogP contribution in [0, 0.1) is 6.92 Å². The summed E-state index contributed by atoms with van der Waals surface area (Å²) < 4.78 is 5.47. The Balaban J connectivity index is 2.19. The third-order valence-corrected chi connectivity index (χ3v) is 3.52. The number of nitrogens with one attached hydrogen (secondary N) is 1. The van der Waals surface area contributed by atoms with Crippen molar-refractivity contribution in [3.63, 3.8) is 0 Å². The number of carbonyl (C=O) groups excluding carboxylic acids is 1. The quantitative estimate of drug-likeness (QED) is 0.911. The summed E-state index contributed by atoms with van der Waals surface area (Å²) >= 11 is 1.44. The Morgan fingerprint density at radius 3 is 2.78 bits per heavy atom. The van der Waals surface area contributed by atoms with E-state index < -0.39 is 0 Å². The molecule has 0 atom stereocenters. The molecule has 94 valence electrons. The summed E-state index contributed by atoms with van der Waals surface area (Å²) in [6, 6.07) is 9.39. The molecule has 3 nitrogen and oxygen atoms in total. The molecule has 0 aliphatic heterocycles. The average Bonchev–Trinajstić information content (AvgIpc) is 2.78. The van der Waals surface area contributed by atoms with E-state index in [1.54, 1.807) is 0 Å². The summed E-state index contributed by atoms with van der Waals surface area (Å²) in [5.41, 5.74) is 1.70. The van der Waals surface area contributed by atoms with Crippen LogP contribution in [0.4, 0.5) is 5.69 Å². The van der Waals surface area contributed by atoms with Crippen molar-refractivity contribution in [1.29, 1.82) is 0 Å². The van der Waals surface area contributed by atoms with Gasteiger partial charge in [-0.05, 0) is 43.0 Å². The van der Waals surface area contributed by atoms with E-state index in [2.05, 4.69) is 5.32 Å². The van der Waals surface area contributed by atoms with Crippen molar-refractivity contribution in [3.05, 3.63) is 46.2 Å². The van der Waals surface area contributed by atoms with Crippen LogP contribution in [0.5, 0.6) is 5.75 Å². The van der Waals surface area contributed by atoms with E-state index >= 15 is 0 Å². The lowest BCUT2D eigenvalue weighted by Gasteiger charge is -2.10. The number of aryl methyl sites for hydroxylation is 1. The van der Waals surface area contributed by atoms with Gasteiger partial charge >= 0.3 is 0 Å². The minimum Gasteiger partial charge on any atom is -0.492 e. The maximum atomic E-state index is 12.1. The van der Waals surface area contributed by atoms with Crippen LogP contribution in [0.3, 0.4) is 0 Å². The third kappa shape index (κ3) is 2.71. The molecule has 0 fully saturated rings. The molecule has 1 aromatic heterocycles. The molecule has 1 aromatic carbocycles. The minimum absolute atomic E-state index is 0.0883. The lowest BCUT2D eigenvalue weighted by molar-refractivity contribution is 0.102. The van der Waals surface area contributed by atoms with Crippen LogP contribution in [0.15, 0.2) is 35.7 Å². The van der Waals surface area contributed by atoms with E-state index in [1.165, 1.54) is 11.3 Å². The van der Waals surface area contributed by atoms with Crippen LogP contribution in [0.25, 0.3) is 0 Å². The van der Waals surface area contributed by atoms with Gasteiger partial charge in [0.1, 0.15) is 5.75 Å². The fourth-order valence-corrected chi connectivity index (χ4v) is 2.46. The van der Waals surface area contributed by atoms with Gasteiger partial charge in [0, 0.05) is 0 Å². The molecule has 4 heteroatoms. The smallest absolute Gasteiger partial charge is 0.266 e. The Morgan fingerprint density at radius 2 is 2.11 bits per heavy atom. The van der Waals surface area contributed by atoms with Gasteiger partial charge in [0.15, 0.2) is 0 Å².